The van der Waals surface area contributed by atoms with E-state index in [-0.39, 0.29) is 17.8 Å². The second-order valence-electron chi connectivity index (χ2n) is 3.63. The van der Waals surface area contributed by atoms with Gasteiger partial charge in [-0.1, -0.05) is 0 Å². The van der Waals surface area contributed by atoms with Crippen molar-refractivity contribution in [2.75, 3.05) is 18.8 Å². The number of halogens is 1. The lowest BCUT2D eigenvalue weighted by Gasteiger charge is -2.13. The molecule has 0 aliphatic rings. The van der Waals surface area contributed by atoms with Gasteiger partial charge in [-0.25, -0.2) is 4.39 Å². The molecule has 0 saturated carbocycles. The number of thioether (sulfide) groups is 1. The molecule has 0 saturated heterocycles. The second-order valence-corrected chi connectivity index (χ2v) is 4.94. The van der Waals surface area contributed by atoms with Crippen molar-refractivity contribution in [3.8, 4) is 0 Å². The molecule has 9 heteroatoms. The zero-order chi connectivity index (χ0) is 14.4. The fourth-order valence-electron chi connectivity index (χ4n) is 1.48. The summed E-state index contributed by atoms with van der Waals surface area (Å²) in [6, 6.07) is 3.01. The van der Waals surface area contributed by atoms with Crippen molar-refractivity contribution in [1.29, 1.82) is 0 Å². The molecular weight excluding hydrogens is 277 g/mol. The number of hydrogen-bond acceptors (Lipinski definition) is 6. The molecule has 0 fully saturated rings. The summed E-state index contributed by atoms with van der Waals surface area (Å²) in [5.41, 5.74) is 4.98. The van der Waals surface area contributed by atoms with Gasteiger partial charge in [-0.2, -0.15) is 0 Å². The smallest absolute Gasteiger partial charge is 0.269 e. The molecule has 0 heterocycles. The highest BCUT2D eigenvalue weighted by Gasteiger charge is 2.24. The zero-order valence-electron chi connectivity index (χ0n) is 9.82. The predicted octanol–water partition coefficient (Wildman–Crippen LogP) is 1.74. The lowest BCUT2D eigenvalue weighted by molar-refractivity contribution is -0.479. The van der Waals surface area contributed by atoms with Crippen LogP contribution in [0.2, 0.25) is 0 Å². The molecule has 1 unspecified atom stereocenters. The van der Waals surface area contributed by atoms with Gasteiger partial charge in [0.2, 0.25) is 6.54 Å². The fraction of sp³-hybridized carbons (Fsp3) is 0.400. The number of nitro groups is 2. The van der Waals surface area contributed by atoms with Gasteiger partial charge in [0.15, 0.2) is 0 Å². The molecule has 1 aromatic rings. The highest BCUT2D eigenvalue weighted by molar-refractivity contribution is 7.99. The zero-order valence-corrected chi connectivity index (χ0v) is 10.6. The van der Waals surface area contributed by atoms with E-state index in [1.165, 1.54) is 0 Å². The van der Waals surface area contributed by atoms with Crippen molar-refractivity contribution >= 4 is 17.4 Å². The number of benzene rings is 1. The average molecular weight is 289 g/mol. The summed E-state index contributed by atoms with van der Waals surface area (Å²) in [6.07, 6.45) is 0. The van der Waals surface area contributed by atoms with Crippen molar-refractivity contribution < 1.29 is 14.2 Å². The maximum atomic E-state index is 13.7. The topological polar surface area (TPSA) is 112 Å². The van der Waals surface area contributed by atoms with Crippen molar-refractivity contribution in [2.45, 2.75) is 5.25 Å². The lowest BCUT2D eigenvalue weighted by Crippen LogP contribution is -2.14. The molecular formula is C10H12FN3O4S. The van der Waals surface area contributed by atoms with Crippen LogP contribution in [-0.2, 0) is 0 Å². The summed E-state index contributed by atoms with van der Waals surface area (Å²) in [5, 5.41) is 20.4. The maximum Gasteiger partial charge on any atom is 0.269 e. The summed E-state index contributed by atoms with van der Waals surface area (Å²) in [5.74, 6) is -0.289. The Labute approximate surface area is 112 Å². The van der Waals surface area contributed by atoms with Gasteiger partial charge in [-0.3, -0.25) is 20.2 Å². The van der Waals surface area contributed by atoms with E-state index in [9.17, 15) is 24.6 Å². The lowest BCUT2D eigenvalue weighted by atomic mass is 10.1. The molecule has 2 N–H and O–H groups in total. The largest absolute Gasteiger partial charge is 0.330 e. The Balaban J connectivity index is 3.08. The standard InChI is InChI=1S/C10H12FN3O4S/c11-9-2-1-7(14(17)18)5-8(9)10(6-13(15)16)19-4-3-12/h1-2,5,10H,3-4,6,12H2. The Morgan fingerprint density at radius 1 is 1.37 bits per heavy atom. The Bertz CT molecular complexity index is 486. The normalized spacial score (nSPS) is 12.1. The van der Waals surface area contributed by atoms with E-state index in [1.807, 2.05) is 0 Å². The van der Waals surface area contributed by atoms with Crippen LogP contribution < -0.4 is 5.73 Å². The minimum Gasteiger partial charge on any atom is -0.330 e. The number of rotatable bonds is 7. The summed E-state index contributed by atoms with van der Waals surface area (Å²) < 4.78 is 13.7. The first-order chi connectivity index (χ1) is 8.95. The van der Waals surface area contributed by atoms with Crippen LogP contribution >= 0.6 is 11.8 Å². The third-order valence-corrected chi connectivity index (χ3v) is 3.57. The van der Waals surface area contributed by atoms with Gasteiger partial charge < -0.3 is 5.73 Å². The van der Waals surface area contributed by atoms with Crippen LogP contribution in [0.1, 0.15) is 10.8 Å². The van der Waals surface area contributed by atoms with Crippen LogP contribution in [0.5, 0.6) is 0 Å². The molecule has 1 aromatic carbocycles. The molecule has 0 radical (unpaired) electrons. The van der Waals surface area contributed by atoms with E-state index in [0.717, 1.165) is 30.0 Å². The summed E-state index contributed by atoms with van der Waals surface area (Å²) in [4.78, 5) is 20.0. The van der Waals surface area contributed by atoms with Gasteiger partial charge in [-0.15, -0.1) is 11.8 Å². The third kappa shape index (κ3) is 4.45. The number of nitro benzene ring substituents is 1. The van der Waals surface area contributed by atoms with Crippen LogP contribution in [0.4, 0.5) is 10.1 Å². The molecule has 0 bridgehead atoms. The number of nitrogens with two attached hydrogens (primary N) is 1. The van der Waals surface area contributed by atoms with Crippen LogP contribution in [0.3, 0.4) is 0 Å². The van der Waals surface area contributed by atoms with Gasteiger partial charge in [0.1, 0.15) is 5.82 Å². The molecule has 0 aromatic heterocycles. The van der Waals surface area contributed by atoms with Crippen molar-refractivity contribution in [2.24, 2.45) is 5.73 Å². The highest BCUT2D eigenvalue weighted by atomic mass is 32.2. The predicted molar refractivity (Wildman–Crippen MR) is 69.2 cm³/mol. The Hall–Kier alpha value is -1.74. The van der Waals surface area contributed by atoms with E-state index in [4.69, 9.17) is 5.73 Å². The number of nitrogens with zero attached hydrogens (tertiary/aromatic N) is 2. The van der Waals surface area contributed by atoms with Crippen LogP contribution in [0.25, 0.3) is 0 Å². The molecule has 0 spiro atoms. The number of hydrogen-bond donors (Lipinski definition) is 1. The quantitative estimate of drug-likeness (QED) is 0.604. The van der Waals surface area contributed by atoms with Gasteiger partial charge in [0, 0.05) is 34.9 Å². The van der Waals surface area contributed by atoms with E-state index in [1.54, 1.807) is 0 Å². The molecule has 7 nitrogen and oxygen atoms in total. The third-order valence-electron chi connectivity index (χ3n) is 2.29. The van der Waals surface area contributed by atoms with Gasteiger partial charge in [-0.05, 0) is 6.07 Å². The first-order valence-corrected chi connectivity index (χ1v) is 6.38. The molecule has 0 aliphatic heterocycles. The maximum absolute atomic E-state index is 13.7. The Morgan fingerprint density at radius 3 is 2.58 bits per heavy atom. The monoisotopic (exact) mass is 289 g/mol. The van der Waals surface area contributed by atoms with E-state index >= 15 is 0 Å². The Kier molecular flexibility index (Phi) is 5.64. The van der Waals surface area contributed by atoms with Gasteiger partial charge in [0.05, 0.1) is 10.2 Å². The van der Waals surface area contributed by atoms with Crippen LogP contribution in [-0.4, -0.2) is 28.7 Å². The van der Waals surface area contributed by atoms with Crippen molar-refractivity contribution in [3.05, 3.63) is 49.8 Å². The summed E-state index contributed by atoms with van der Waals surface area (Å²) >= 11 is 1.11. The minimum absolute atomic E-state index is 0.0376. The summed E-state index contributed by atoms with van der Waals surface area (Å²) in [6.45, 7) is -0.224. The first kappa shape index (κ1) is 15.3. The van der Waals surface area contributed by atoms with Crippen LogP contribution in [0, 0.1) is 26.0 Å². The molecule has 1 atom stereocenters. The van der Waals surface area contributed by atoms with Gasteiger partial charge in [0.25, 0.3) is 5.69 Å². The van der Waals surface area contributed by atoms with E-state index in [2.05, 4.69) is 0 Å². The fourth-order valence-corrected chi connectivity index (χ4v) is 2.49. The molecule has 0 aliphatic carbocycles. The Morgan fingerprint density at radius 2 is 2.05 bits per heavy atom. The SMILES string of the molecule is NCCSC(C[N+](=O)[O-])c1cc([N+](=O)[O-])ccc1F. The highest BCUT2D eigenvalue weighted by Crippen LogP contribution is 2.32. The van der Waals surface area contributed by atoms with Gasteiger partial charge >= 0.3 is 0 Å². The second kappa shape index (κ2) is 7.00. The van der Waals surface area contributed by atoms with E-state index < -0.39 is 27.5 Å². The van der Waals surface area contributed by atoms with Crippen LogP contribution in [0.15, 0.2) is 18.2 Å². The summed E-state index contributed by atoms with van der Waals surface area (Å²) in [7, 11) is 0. The van der Waals surface area contributed by atoms with Crippen molar-refractivity contribution in [3.63, 3.8) is 0 Å². The van der Waals surface area contributed by atoms with Crippen molar-refractivity contribution in [1.82, 2.24) is 0 Å². The number of non-ortho nitro benzene ring substituents is 1. The minimum atomic E-state index is -0.793. The van der Waals surface area contributed by atoms with E-state index in [0.29, 0.717) is 5.75 Å². The molecule has 104 valence electrons. The average Bonchev–Trinajstić information content (AvgIpc) is 2.34. The molecule has 1 rings (SSSR count). The molecule has 0 amide bonds. The first-order valence-electron chi connectivity index (χ1n) is 5.33. The molecule has 19 heavy (non-hydrogen) atoms.